The molecule has 0 fully saturated rings. The normalized spacial score (nSPS) is 11.7. The van der Waals surface area contributed by atoms with Crippen LogP contribution >= 0.6 is 0 Å². The Morgan fingerprint density at radius 3 is 2.22 bits per heavy atom. The summed E-state index contributed by atoms with van der Waals surface area (Å²) >= 11 is 0. The Morgan fingerprint density at radius 1 is 0.969 bits per heavy atom. The number of carbonyl (C=O) groups excluding carboxylic acids is 1. The maximum absolute atomic E-state index is 13.9. The van der Waals surface area contributed by atoms with Gasteiger partial charge in [0.1, 0.15) is 11.6 Å². The number of nitrogens with zero attached hydrogens (tertiary/aromatic N) is 1. The largest absolute Gasteiger partial charge is 0.573 e. The van der Waals surface area contributed by atoms with Gasteiger partial charge in [0.05, 0.1) is 5.71 Å². The Balaban J connectivity index is 1.63. The molecule has 166 valence electrons. The summed E-state index contributed by atoms with van der Waals surface area (Å²) in [5, 5.41) is 6.20. The SMILES string of the molecule is CC/C(=N\OC(=O)Nc1ccc(OC(F)(F)F)cc1)c1ccc(-c2ccccc2F)cc1. The van der Waals surface area contributed by atoms with Gasteiger partial charge < -0.3 is 4.74 Å². The summed E-state index contributed by atoms with van der Waals surface area (Å²) < 4.78 is 54.3. The minimum Gasteiger partial charge on any atom is -0.406 e. The molecule has 32 heavy (non-hydrogen) atoms. The van der Waals surface area contributed by atoms with E-state index in [1.165, 1.54) is 18.2 Å². The zero-order chi connectivity index (χ0) is 23.1. The lowest BCUT2D eigenvalue weighted by molar-refractivity contribution is -0.274. The van der Waals surface area contributed by atoms with Gasteiger partial charge in [0.2, 0.25) is 0 Å². The summed E-state index contributed by atoms with van der Waals surface area (Å²) in [5.41, 5.74) is 2.53. The predicted octanol–water partition coefficient (Wildman–Crippen LogP) is 6.75. The highest BCUT2D eigenvalue weighted by molar-refractivity contribution is 6.01. The van der Waals surface area contributed by atoms with Crippen LogP contribution in [0.2, 0.25) is 0 Å². The number of nitrogens with one attached hydrogen (secondary N) is 1. The van der Waals surface area contributed by atoms with Gasteiger partial charge in [0.15, 0.2) is 0 Å². The van der Waals surface area contributed by atoms with Crippen LogP contribution < -0.4 is 10.1 Å². The van der Waals surface area contributed by atoms with Gasteiger partial charge in [-0.05, 0) is 47.9 Å². The standard InChI is InChI=1S/C23H18F4N2O3/c1-2-21(16-9-7-15(8-10-16)19-5-3-4-6-20(19)24)29-32-22(30)28-17-11-13-18(14-12-17)31-23(25,26)27/h3-14H,2H2,1H3,(H,28,30)/b29-21+. The Kier molecular flexibility index (Phi) is 7.09. The van der Waals surface area contributed by atoms with E-state index >= 15 is 0 Å². The average Bonchev–Trinajstić information content (AvgIpc) is 2.75. The number of ether oxygens (including phenoxy) is 1. The van der Waals surface area contributed by atoms with Crippen LogP contribution in [0.15, 0.2) is 78.0 Å². The Labute approximate surface area is 181 Å². The van der Waals surface area contributed by atoms with E-state index in [4.69, 9.17) is 4.84 Å². The maximum Gasteiger partial charge on any atom is 0.573 e. The number of rotatable bonds is 6. The first-order valence-electron chi connectivity index (χ1n) is 9.51. The highest BCUT2D eigenvalue weighted by Gasteiger charge is 2.30. The third-order valence-corrected chi connectivity index (χ3v) is 4.31. The zero-order valence-electron chi connectivity index (χ0n) is 16.8. The van der Waals surface area contributed by atoms with Crippen molar-refractivity contribution in [2.45, 2.75) is 19.7 Å². The highest BCUT2D eigenvalue weighted by Crippen LogP contribution is 2.25. The number of carbonyl (C=O) groups is 1. The fourth-order valence-corrected chi connectivity index (χ4v) is 2.84. The molecule has 0 spiro atoms. The van der Waals surface area contributed by atoms with E-state index in [1.54, 1.807) is 42.5 Å². The molecule has 0 saturated carbocycles. The van der Waals surface area contributed by atoms with Crippen molar-refractivity contribution < 1.29 is 31.9 Å². The van der Waals surface area contributed by atoms with E-state index in [0.717, 1.165) is 12.1 Å². The van der Waals surface area contributed by atoms with Crippen molar-refractivity contribution in [3.8, 4) is 16.9 Å². The van der Waals surface area contributed by atoms with Crippen LogP contribution in [0.5, 0.6) is 5.75 Å². The molecule has 1 amide bonds. The fraction of sp³-hybridized carbons (Fsp3) is 0.130. The van der Waals surface area contributed by atoms with Crippen molar-refractivity contribution in [3.05, 3.63) is 84.2 Å². The Morgan fingerprint density at radius 2 is 1.62 bits per heavy atom. The van der Waals surface area contributed by atoms with Gasteiger partial charge in [-0.15, -0.1) is 13.2 Å². The Hall–Kier alpha value is -3.88. The van der Waals surface area contributed by atoms with Gasteiger partial charge in [0, 0.05) is 11.3 Å². The van der Waals surface area contributed by atoms with Crippen LogP contribution in [-0.2, 0) is 4.84 Å². The molecule has 0 saturated heterocycles. The summed E-state index contributed by atoms with van der Waals surface area (Å²) in [5.74, 6) is -0.746. The molecule has 0 aliphatic rings. The molecule has 0 radical (unpaired) electrons. The van der Waals surface area contributed by atoms with E-state index < -0.39 is 18.2 Å². The number of alkyl halides is 3. The van der Waals surface area contributed by atoms with Crippen molar-refractivity contribution in [3.63, 3.8) is 0 Å². The molecular formula is C23H18F4N2O3. The van der Waals surface area contributed by atoms with Crippen LogP contribution in [0, 0.1) is 5.82 Å². The molecule has 0 aliphatic carbocycles. The number of oxime groups is 1. The van der Waals surface area contributed by atoms with Gasteiger partial charge in [-0.2, -0.15) is 0 Å². The lowest BCUT2D eigenvalue weighted by Gasteiger charge is -2.09. The molecule has 0 aliphatic heterocycles. The number of benzene rings is 3. The minimum absolute atomic E-state index is 0.201. The number of anilines is 1. The van der Waals surface area contributed by atoms with E-state index in [2.05, 4.69) is 15.2 Å². The second kappa shape index (κ2) is 9.95. The molecule has 0 aromatic heterocycles. The van der Waals surface area contributed by atoms with Crippen LogP contribution in [0.25, 0.3) is 11.1 Å². The zero-order valence-corrected chi connectivity index (χ0v) is 16.8. The summed E-state index contributed by atoms with van der Waals surface area (Å²) in [7, 11) is 0. The number of halogens is 4. The molecular weight excluding hydrogens is 428 g/mol. The van der Waals surface area contributed by atoms with Gasteiger partial charge in [-0.25, -0.2) is 9.18 Å². The average molecular weight is 446 g/mol. The molecule has 5 nitrogen and oxygen atoms in total. The predicted molar refractivity (Wildman–Crippen MR) is 112 cm³/mol. The quantitative estimate of drug-likeness (QED) is 0.197. The first-order valence-corrected chi connectivity index (χ1v) is 9.51. The van der Waals surface area contributed by atoms with E-state index in [1.807, 2.05) is 6.92 Å². The summed E-state index contributed by atoms with van der Waals surface area (Å²) in [6.45, 7) is 1.82. The monoisotopic (exact) mass is 446 g/mol. The topological polar surface area (TPSA) is 59.9 Å². The van der Waals surface area contributed by atoms with Gasteiger partial charge >= 0.3 is 12.5 Å². The first kappa shape index (κ1) is 22.8. The van der Waals surface area contributed by atoms with Crippen LogP contribution in [-0.4, -0.2) is 18.2 Å². The lowest BCUT2D eigenvalue weighted by atomic mass is 10.0. The van der Waals surface area contributed by atoms with E-state index in [9.17, 15) is 22.4 Å². The van der Waals surface area contributed by atoms with Gasteiger partial charge in [-0.3, -0.25) is 10.2 Å². The summed E-state index contributed by atoms with van der Waals surface area (Å²) in [4.78, 5) is 16.8. The second-order valence-corrected chi connectivity index (χ2v) is 6.52. The third-order valence-electron chi connectivity index (χ3n) is 4.31. The molecule has 0 bridgehead atoms. The molecule has 1 N–H and O–H groups in total. The summed E-state index contributed by atoms with van der Waals surface area (Å²) in [6, 6.07) is 17.9. The number of amides is 1. The van der Waals surface area contributed by atoms with E-state index in [0.29, 0.717) is 28.8 Å². The van der Waals surface area contributed by atoms with Crippen molar-refractivity contribution in [1.82, 2.24) is 0 Å². The molecule has 3 rings (SSSR count). The van der Waals surface area contributed by atoms with Gasteiger partial charge in [0.25, 0.3) is 0 Å². The van der Waals surface area contributed by atoms with Crippen molar-refractivity contribution in [2.75, 3.05) is 5.32 Å². The molecule has 3 aromatic carbocycles. The van der Waals surface area contributed by atoms with Crippen molar-refractivity contribution in [2.24, 2.45) is 5.16 Å². The number of hydrogen-bond acceptors (Lipinski definition) is 4. The molecule has 0 atom stereocenters. The second-order valence-electron chi connectivity index (χ2n) is 6.52. The smallest absolute Gasteiger partial charge is 0.406 e. The fourth-order valence-electron chi connectivity index (χ4n) is 2.84. The third kappa shape index (κ3) is 6.31. The van der Waals surface area contributed by atoms with Gasteiger partial charge in [-0.1, -0.05) is 54.5 Å². The lowest BCUT2D eigenvalue weighted by Crippen LogP contribution is -2.17. The summed E-state index contributed by atoms with van der Waals surface area (Å²) in [6.07, 6.45) is -5.26. The highest BCUT2D eigenvalue weighted by atomic mass is 19.4. The molecule has 0 heterocycles. The van der Waals surface area contributed by atoms with E-state index in [-0.39, 0.29) is 11.5 Å². The van der Waals surface area contributed by atoms with Crippen LogP contribution in [0.1, 0.15) is 18.9 Å². The minimum atomic E-state index is -4.80. The molecule has 3 aromatic rings. The molecule has 9 heteroatoms. The van der Waals surface area contributed by atoms with Crippen LogP contribution in [0.3, 0.4) is 0 Å². The number of hydrogen-bond donors (Lipinski definition) is 1. The first-order chi connectivity index (χ1) is 15.2. The molecule has 0 unspecified atom stereocenters. The van der Waals surface area contributed by atoms with Crippen molar-refractivity contribution in [1.29, 1.82) is 0 Å². The van der Waals surface area contributed by atoms with Crippen molar-refractivity contribution >= 4 is 17.5 Å². The van der Waals surface area contributed by atoms with Crippen LogP contribution in [0.4, 0.5) is 28.0 Å². The Bertz CT molecular complexity index is 1100. The maximum atomic E-state index is 13.9.